The van der Waals surface area contributed by atoms with Gasteiger partial charge in [-0.15, -0.1) is 0 Å². The van der Waals surface area contributed by atoms with E-state index in [-0.39, 0.29) is 22.8 Å². The molecule has 0 spiro atoms. The summed E-state index contributed by atoms with van der Waals surface area (Å²) in [5, 5.41) is 18.8. The first-order chi connectivity index (χ1) is 16.0. The summed E-state index contributed by atoms with van der Waals surface area (Å²) in [6.45, 7) is 0.331. The van der Waals surface area contributed by atoms with Gasteiger partial charge in [-0.3, -0.25) is 14.5 Å². The summed E-state index contributed by atoms with van der Waals surface area (Å²) < 4.78 is 53.9. The number of aromatic hydroxyl groups is 1. The molecule has 2 N–H and O–H groups in total. The molecule has 0 aliphatic carbocycles. The monoisotopic (exact) mass is 513 g/mol. The molecule has 5 nitrogen and oxygen atoms in total. The molecule has 0 radical (unpaired) electrons. The van der Waals surface area contributed by atoms with E-state index in [2.05, 4.69) is 0 Å². The number of carboxylic acids is 1. The van der Waals surface area contributed by atoms with Crippen LogP contribution in [0.4, 0.5) is 17.6 Å². The number of carbonyl (C=O) groups is 2. The number of benzene rings is 2. The number of hydrogen-bond donors (Lipinski definition) is 2. The van der Waals surface area contributed by atoms with Gasteiger partial charge in [0.1, 0.15) is 15.9 Å². The number of nitrogens with zero attached hydrogens (tertiary/aromatic N) is 1. The third-order valence-corrected chi connectivity index (χ3v) is 6.43. The van der Waals surface area contributed by atoms with Crippen molar-refractivity contribution in [3.05, 3.63) is 58.2 Å². The maximum Gasteiger partial charge on any atom is 0.416 e. The van der Waals surface area contributed by atoms with Crippen LogP contribution < -0.4 is 0 Å². The minimum absolute atomic E-state index is 0.0496. The number of carboxylic acid groups (broad SMARTS) is 1. The highest BCUT2D eigenvalue weighted by Gasteiger charge is 2.32. The first kappa shape index (κ1) is 25.7. The lowest BCUT2D eigenvalue weighted by atomic mass is 9.99. The normalized spacial score (nSPS) is 15.4. The minimum atomic E-state index is -4.68. The lowest BCUT2D eigenvalue weighted by molar-refractivity contribution is -0.138. The van der Waals surface area contributed by atoms with E-state index in [9.17, 15) is 32.3 Å². The van der Waals surface area contributed by atoms with E-state index in [4.69, 9.17) is 17.3 Å². The molecule has 0 aromatic heterocycles. The summed E-state index contributed by atoms with van der Waals surface area (Å²) in [6, 6.07) is 5.88. The van der Waals surface area contributed by atoms with Gasteiger partial charge >= 0.3 is 12.1 Å². The Morgan fingerprint density at radius 2 is 1.82 bits per heavy atom. The van der Waals surface area contributed by atoms with Crippen LogP contribution in [-0.4, -0.2) is 37.9 Å². The zero-order chi connectivity index (χ0) is 25.0. The van der Waals surface area contributed by atoms with Crippen molar-refractivity contribution in [2.75, 3.05) is 6.54 Å². The van der Waals surface area contributed by atoms with Gasteiger partial charge in [0.2, 0.25) is 0 Å². The van der Waals surface area contributed by atoms with Crippen LogP contribution in [0, 0.1) is 5.82 Å². The molecular formula is C23H19F4NO4S2. The van der Waals surface area contributed by atoms with Crippen molar-refractivity contribution in [3.63, 3.8) is 0 Å². The fraction of sp³-hybridized carbons (Fsp3) is 0.261. The summed E-state index contributed by atoms with van der Waals surface area (Å²) in [7, 11) is 0. The predicted molar refractivity (Wildman–Crippen MR) is 124 cm³/mol. The number of phenols is 1. The van der Waals surface area contributed by atoms with Crippen LogP contribution in [-0.2, 0) is 15.8 Å². The molecule has 3 rings (SSSR count). The topological polar surface area (TPSA) is 77.8 Å². The standard InChI is InChI=1S/C23H19F4NO4S2/c24-17-7-6-14(23(25,26)27)12-15(17)16-10-13(5-8-18(16)29)11-19-21(32)28(22(33)34-19)9-3-1-2-4-20(30)31/h5-8,10-12,29H,1-4,9H2,(H,30,31)/b19-11-. The molecule has 0 atom stereocenters. The Balaban J connectivity index is 1.81. The van der Waals surface area contributed by atoms with Crippen molar-refractivity contribution in [3.8, 4) is 16.9 Å². The fourth-order valence-corrected chi connectivity index (χ4v) is 4.64. The summed E-state index contributed by atoms with van der Waals surface area (Å²) in [4.78, 5) is 25.0. The Kier molecular flexibility index (Phi) is 7.98. The second-order valence-electron chi connectivity index (χ2n) is 7.51. The van der Waals surface area contributed by atoms with Crippen molar-refractivity contribution >= 4 is 46.3 Å². The van der Waals surface area contributed by atoms with Crippen molar-refractivity contribution in [1.82, 2.24) is 4.90 Å². The number of halogens is 4. The molecule has 1 heterocycles. The van der Waals surface area contributed by atoms with Crippen LogP contribution in [0.25, 0.3) is 17.2 Å². The molecule has 1 amide bonds. The number of rotatable bonds is 8. The summed E-state index contributed by atoms with van der Waals surface area (Å²) in [5.41, 5.74) is -1.26. The third kappa shape index (κ3) is 6.15. The zero-order valence-electron chi connectivity index (χ0n) is 17.6. The summed E-state index contributed by atoms with van der Waals surface area (Å²) >= 11 is 6.31. The molecule has 2 aromatic carbocycles. The Hall–Kier alpha value is -2.92. The average Bonchev–Trinajstić information content (AvgIpc) is 3.01. The van der Waals surface area contributed by atoms with E-state index >= 15 is 0 Å². The van der Waals surface area contributed by atoms with Crippen LogP contribution in [0.3, 0.4) is 0 Å². The number of carbonyl (C=O) groups excluding carboxylic acids is 1. The second-order valence-corrected chi connectivity index (χ2v) is 9.18. The number of amides is 1. The molecule has 180 valence electrons. The molecule has 1 fully saturated rings. The number of phenolic OH excluding ortho intramolecular Hbond substituents is 1. The maximum absolute atomic E-state index is 14.3. The Bertz CT molecular complexity index is 1160. The van der Waals surface area contributed by atoms with Crippen LogP contribution >= 0.6 is 24.0 Å². The van der Waals surface area contributed by atoms with E-state index in [1.165, 1.54) is 29.2 Å². The molecular weight excluding hydrogens is 494 g/mol. The number of aliphatic carboxylic acids is 1. The highest BCUT2D eigenvalue weighted by atomic mass is 32.2. The number of thioether (sulfide) groups is 1. The number of alkyl halides is 3. The van der Waals surface area contributed by atoms with E-state index in [1.54, 1.807) is 0 Å². The molecule has 11 heteroatoms. The van der Waals surface area contributed by atoms with Gasteiger partial charge in [-0.1, -0.05) is 36.5 Å². The molecule has 2 aromatic rings. The van der Waals surface area contributed by atoms with Crippen molar-refractivity contribution < 1.29 is 37.4 Å². The molecule has 34 heavy (non-hydrogen) atoms. The first-order valence-electron chi connectivity index (χ1n) is 10.1. The predicted octanol–water partition coefficient (Wildman–Crippen LogP) is 6.06. The highest BCUT2D eigenvalue weighted by Crippen LogP contribution is 2.38. The lowest BCUT2D eigenvalue weighted by Gasteiger charge is -2.14. The average molecular weight is 514 g/mol. The Labute approximate surface area is 202 Å². The lowest BCUT2D eigenvalue weighted by Crippen LogP contribution is -2.29. The summed E-state index contributed by atoms with van der Waals surface area (Å²) in [5.74, 6) is -2.58. The molecule has 0 saturated carbocycles. The highest BCUT2D eigenvalue weighted by molar-refractivity contribution is 8.26. The van der Waals surface area contributed by atoms with Gasteiger partial charge < -0.3 is 10.2 Å². The van der Waals surface area contributed by atoms with Crippen LogP contribution in [0.15, 0.2) is 41.3 Å². The van der Waals surface area contributed by atoms with Crippen molar-refractivity contribution in [1.29, 1.82) is 0 Å². The van der Waals surface area contributed by atoms with Gasteiger partial charge in [-0.25, -0.2) is 4.39 Å². The minimum Gasteiger partial charge on any atom is -0.507 e. The van der Waals surface area contributed by atoms with Gasteiger partial charge in [0, 0.05) is 24.1 Å². The Morgan fingerprint density at radius 1 is 1.09 bits per heavy atom. The third-order valence-electron chi connectivity index (χ3n) is 5.05. The molecule has 0 bridgehead atoms. The fourth-order valence-electron chi connectivity index (χ4n) is 3.33. The smallest absolute Gasteiger partial charge is 0.416 e. The first-order valence-corrected chi connectivity index (χ1v) is 11.4. The van der Waals surface area contributed by atoms with Crippen LogP contribution in [0.5, 0.6) is 5.75 Å². The maximum atomic E-state index is 14.3. The van der Waals surface area contributed by atoms with Gasteiger partial charge in [0.25, 0.3) is 5.91 Å². The second kappa shape index (κ2) is 10.6. The van der Waals surface area contributed by atoms with Crippen molar-refractivity contribution in [2.24, 2.45) is 0 Å². The van der Waals surface area contributed by atoms with Gasteiger partial charge in [0.05, 0.1) is 10.5 Å². The van der Waals surface area contributed by atoms with E-state index in [0.717, 1.165) is 11.8 Å². The van der Waals surface area contributed by atoms with Crippen molar-refractivity contribution in [2.45, 2.75) is 31.9 Å². The largest absolute Gasteiger partial charge is 0.507 e. The molecule has 1 saturated heterocycles. The molecule has 1 aliphatic rings. The van der Waals surface area contributed by atoms with Crippen LogP contribution in [0.2, 0.25) is 0 Å². The van der Waals surface area contributed by atoms with Gasteiger partial charge in [-0.05, 0) is 54.8 Å². The van der Waals surface area contributed by atoms with Gasteiger partial charge in [0.15, 0.2) is 0 Å². The van der Waals surface area contributed by atoms with E-state index in [1.807, 2.05) is 0 Å². The molecule has 1 aliphatic heterocycles. The quantitative estimate of drug-likeness (QED) is 0.193. The SMILES string of the molecule is O=C(O)CCCCCN1C(=O)/C(=C/c2ccc(O)c(-c3cc(C(F)(F)F)ccc3F)c2)SC1=S. The molecule has 0 unspecified atom stereocenters. The van der Waals surface area contributed by atoms with E-state index in [0.29, 0.717) is 53.9 Å². The van der Waals surface area contributed by atoms with E-state index < -0.39 is 34.8 Å². The summed E-state index contributed by atoms with van der Waals surface area (Å²) in [6.07, 6.45) is -1.48. The van der Waals surface area contributed by atoms with Gasteiger partial charge in [-0.2, -0.15) is 13.2 Å². The number of unbranched alkanes of at least 4 members (excludes halogenated alkanes) is 2. The van der Waals surface area contributed by atoms with Crippen LogP contribution in [0.1, 0.15) is 36.8 Å². The zero-order valence-corrected chi connectivity index (χ0v) is 19.2. The Morgan fingerprint density at radius 3 is 2.50 bits per heavy atom. The number of thiocarbonyl (C=S) groups is 1. The number of hydrogen-bond acceptors (Lipinski definition) is 5.